The first-order valence-electron chi connectivity index (χ1n) is 5.99. The number of ether oxygens (including phenoxy) is 2. The summed E-state index contributed by atoms with van der Waals surface area (Å²) in [6.45, 7) is 0. The van der Waals surface area contributed by atoms with Gasteiger partial charge in [-0.3, -0.25) is 11.3 Å². The SMILES string of the molecule is COc1cccc(C(Cc2ccco2)NN)c1OC. The van der Waals surface area contributed by atoms with Crippen LogP contribution in [0, 0.1) is 0 Å². The van der Waals surface area contributed by atoms with Crippen molar-refractivity contribution in [2.75, 3.05) is 14.2 Å². The maximum atomic E-state index is 5.65. The van der Waals surface area contributed by atoms with Gasteiger partial charge in [0.05, 0.1) is 26.5 Å². The van der Waals surface area contributed by atoms with E-state index in [4.69, 9.17) is 19.7 Å². The number of benzene rings is 1. The number of methoxy groups -OCH3 is 2. The van der Waals surface area contributed by atoms with Gasteiger partial charge in [0.2, 0.25) is 0 Å². The lowest BCUT2D eigenvalue weighted by molar-refractivity contribution is 0.344. The van der Waals surface area contributed by atoms with Crippen LogP contribution in [0.2, 0.25) is 0 Å². The summed E-state index contributed by atoms with van der Waals surface area (Å²) < 4.78 is 16.1. The predicted molar refractivity (Wildman–Crippen MR) is 72.0 cm³/mol. The molecule has 2 aromatic rings. The molecule has 0 fully saturated rings. The number of nitrogens with one attached hydrogen (secondary N) is 1. The zero-order valence-corrected chi connectivity index (χ0v) is 11.1. The van der Waals surface area contributed by atoms with E-state index in [2.05, 4.69) is 5.43 Å². The Morgan fingerprint density at radius 1 is 1.21 bits per heavy atom. The van der Waals surface area contributed by atoms with Crippen molar-refractivity contribution in [2.45, 2.75) is 12.5 Å². The average Bonchev–Trinajstić information content (AvgIpc) is 2.96. The first-order valence-corrected chi connectivity index (χ1v) is 5.99. The third-order valence-corrected chi connectivity index (χ3v) is 3.00. The van der Waals surface area contributed by atoms with Crippen molar-refractivity contribution in [2.24, 2.45) is 5.84 Å². The first-order chi connectivity index (χ1) is 9.30. The molecule has 19 heavy (non-hydrogen) atoms. The summed E-state index contributed by atoms with van der Waals surface area (Å²) in [5.74, 6) is 7.86. The van der Waals surface area contributed by atoms with Crippen LogP contribution in [0.25, 0.3) is 0 Å². The third kappa shape index (κ3) is 2.89. The lowest BCUT2D eigenvalue weighted by Gasteiger charge is -2.19. The largest absolute Gasteiger partial charge is 0.493 e. The molecule has 1 atom stereocenters. The van der Waals surface area contributed by atoms with E-state index < -0.39 is 0 Å². The van der Waals surface area contributed by atoms with Gasteiger partial charge in [-0.1, -0.05) is 12.1 Å². The smallest absolute Gasteiger partial charge is 0.165 e. The maximum absolute atomic E-state index is 5.65. The van der Waals surface area contributed by atoms with Crippen LogP contribution in [0.5, 0.6) is 11.5 Å². The minimum atomic E-state index is -0.115. The highest BCUT2D eigenvalue weighted by Crippen LogP contribution is 2.35. The predicted octanol–water partition coefficient (Wildman–Crippen LogP) is 2.04. The fourth-order valence-electron chi connectivity index (χ4n) is 2.07. The minimum Gasteiger partial charge on any atom is -0.493 e. The van der Waals surface area contributed by atoms with Crippen LogP contribution in [0.1, 0.15) is 17.4 Å². The van der Waals surface area contributed by atoms with Crippen LogP contribution < -0.4 is 20.7 Å². The Bertz CT molecular complexity index is 511. The number of para-hydroxylation sites is 1. The minimum absolute atomic E-state index is 0.115. The fourth-order valence-corrected chi connectivity index (χ4v) is 2.07. The summed E-state index contributed by atoms with van der Waals surface area (Å²) >= 11 is 0. The molecule has 0 spiro atoms. The molecule has 1 aromatic carbocycles. The Labute approximate surface area is 112 Å². The Hall–Kier alpha value is -1.98. The number of furan rings is 1. The molecule has 0 radical (unpaired) electrons. The second kappa shape index (κ2) is 6.26. The summed E-state index contributed by atoms with van der Waals surface area (Å²) in [6.07, 6.45) is 2.28. The quantitative estimate of drug-likeness (QED) is 0.616. The number of hydrogen-bond donors (Lipinski definition) is 2. The molecule has 0 amide bonds. The van der Waals surface area contributed by atoms with E-state index in [-0.39, 0.29) is 6.04 Å². The fraction of sp³-hybridized carbons (Fsp3) is 0.286. The topological polar surface area (TPSA) is 69.7 Å². The second-order valence-electron chi connectivity index (χ2n) is 4.09. The number of hydrogen-bond acceptors (Lipinski definition) is 5. The first kappa shape index (κ1) is 13.5. The number of rotatable bonds is 6. The molecule has 0 aliphatic heterocycles. The molecule has 1 heterocycles. The molecule has 0 aliphatic rings. The van der Waals surface area contributed by atoms with Gasteiger partial charge in [0.25, 0.3) is 0 Å². The van der Waals surface area contributed by atoms with Crippen LogP contribution >= 0.6 is 0 Å². The lowest BCUT2D eigenvalue weighted by atomic mass is 10.0. The molecule has 2 rings (SSSR count). The van der Waals surface area contributed by atoms with E-state index in [0.717, 1.165) is 11.3 Å². The van der Waals surface area contributed by atoms with Crippen molar-refractivity contribution in [3.8, 4) is 11.5 Å². The van der Waals surface area contributed by atoms with Crippen molar-refractivity contribution in [3.63, 3.8) is 0 Å². The highest BCUT2D eigenvalue weighted by Gasteiger charge is 2.19. The van der Waals surface area contributed by atoms with Gasteiger partial charge in [0.1, 0.15) is 5.76 Å². The Morgan fingerprint density at radius 3 is 2.63 bits per heavy atom. The normalized spacial score (nSPS) is 12.2. The average molecular weight is 262 g/mol. The lowest BCUT2D eigenvalue weighted by Crippen LogP contribution is -2.29. The van der Waals surface area contributed by atoms with E-state index in [1.807, 2.05) is 30.3 Å². The molecule has 0 saturated carbocycles. The molecular formula is C14H18N2O3. The van der Waals surface area contributed by atoms with Crippen LogP contribution in [0.3, 0.4) is 0 Å². The van der Waals surface area contributed by atoms with Gasteiger partial charge in [0.15, 0.2) is 11.5 Å². The summed E-state index contributed by atoms with van der Waals surface area (Å²) in [5, 5.41) is 0. The van der Waals surface area contributed by atoms with E-state index in [0.29, 0.717) is 17.9 Å². The van der Waals surface area contributed by atoms with Crippen molar-refractivity contribution in [1.82, 2.24) is 5.43 Å². The summed E-state index contributed by atoms with van der Waals surface area (Å²) in [7, 11) is 3.22. The van der Waals surface area contributed by atoms with Crippen LogP contribution in [-0.2, 0) is 6.42 Å². The molecular weight excluding hydrogens is 244 g/mol. The Balaban J connectivity index is 2.32. The van der Waals surface area contributed by atoms with Crippen molar-refractivity contribution < 1.29 is 13.9 Å². The van der Waals surface area contributed by atoms with Crippen molar-refractivity contribution in [3.05, 3.63) is 47.9 Å². The Kier molecular flexibility index (Phi) is 4.43. The molecule has 5 heteroatoms. The van der Waals surface area contributed by atoms with Gasteiger partial charge in [-0.25, -0.2) is 0 Å². The standard InChI is InChI=1S/C14H18N2O3/c1-17-13-7-3-6-11(14(13)18-2)12(16-15)9-10-5-4-8-19-10/h3-8,12,16H,9,15H2,1-2H3. The van der Waals surface area contributed by atoms with Gasteiger partial charge in [0, 0.05) is 12.0 Å². The van der Waals surface area contributed by atoms with Gasteiger partial charge in [-0.05, 0) is 18.2 Å². The monoisotopic (exact) mass is 262 g/mol. The van der Waals surface area contributed by atoms with Crippen molar-refractivity contribution >= 4 is 0 Å². The van der Waals surface area contributed by atoms with Crippen LogP contribution in [0.4, 0.5) is 0 Å². The van der Waals surface area contributed by atoms with Crippen molar-refractivity contribution in [1.29, 1.82) is 0 Å². The van der Waals surface area contributed by atoms with Gasteiger partial charge < -0.3 is 13.9 Å². The van der Waals surface area contributed by atoms with Gasteiger partial charge in [-0.15, -0.1) is 0 Å². The van der Waals surface area contributed by atoms with E-state index >= 15 is 0 Å². The maximum Gasteiger partial charge on any atom is 0.165 e. The zero-order valence-electron chi connectivity index (χ0n) is 11.1. The highest BCUT2D eigenvalue weighted by molar-refractivity contribution is 5.48. The highest BCUT2D eigenvalue weighted by atomic mass is 16.5. The zero-order chi connectivity index (χ0) is 13.7. The molecule has 1 unspecified atom stereocenters. The molecule has 1 aromatic heterocycles. The van der Waals surface area contributed by atoms with E-state index in [9.17, 15) is 0 Å². The van der Waals surface area contributed by atoms with Crippen LogP contribution in [0.15, 0.2) is 41.0 Å². The van der Waals surface area contributed by atoms with E-state index in [1.165, 1.54) is 0 Å². The third-order valence-electron chi connectivity index (χ3n) is 3.00. The molecule has 0 bridgehead atoms. The molecule has 3 N–H and O–H groups in total. The molecule has 0 aliphatic carbocycles. The Morgan fingerprint density at radius 2 is 2.05 bits per heavy atom. The van der Waals surface area contributed by atoms with Crippen LogP contribution in [-0.4, -0.2) is 14.2 Å². The van der Waals surface area contributed by atoms with E-state index in [1.54, 1.807) is 20.5 Å². The second-order valence-corrected chi connectivity index (χ2v) is 4.09. The molecule has 0 saturated heterocycles. The number of nitrogens with two attached hydrogens (primary N) is 1. The summed E-state index contributed by atoms with van der Waals surface area (Å²) in [5.41, 5.74) is 3.72. The van der Waals surface area contributed by atoms with Gasteiger partial charge in [-0.2, -0.15) is 0 Å². The summed E-state index contributed by atoms with van der Waals surface area (Å²) in [4.78, 5) is 0. The summed E-state index contributed by atoms with van der Waals surface area (Å²) in [6, 6.07) is 9.36. The number of hydrazine groups is 1. The van der Waals surface area contributed by atoms with Gasteiger partial charge >= 0.3 is 0 Å². The molecule has 102 valence electrons. The molecule has 5 nitrogen and oxygen atoms in total.